The summed E-state index contributed by atoms with van der Waals surface area (Å²) < 4.78 is 11.0. The summed E-state index contributed by atoms with van der Waals surface area (Å²) in [7, 11) is 0. The van der Waals surface area contributed by atoms with Crippen LogP contribution in [0.1, 0.15) is 21.9 Å². The molecule has 0 bridgehead atoms. The molecule has 1 amide bonds. The predicted molar refractivity (Wildman–Crippen MR) is 118 cm³/mol. The van der Waals surface area contributed by atoms with Gasteiger partial charge in [0.15, 0.2) is 6.61 Å². The number of carbonyl (C=O) groups is 1. The van der Waals surface area contributed by atoms with Crippen LogP contribution in [-0.2, 0) is 11.3 Å². The third kappa shape index (κ3) is 3.48. The lowest BCUT2D eigenvalue weighted by molar-refractivity contribution is -0.121. The molecule has 5 rings (SSSR count). The largest absolute Gasteiger partial charge is 0.482 e. The van der Waals surface area contributed by atoms with E-state index in [0.29, 0.717) is 18.1 Å². The number of benzene rings is 1. The standard InChI is InChI=1S/C23H20N4O3S/c1-13-17(14(2)30-26-13)11-27-19-10-16(7-8-20(19)29-12-21(27)28)22-15(3)31-23(25-22)18-6-4-5-9-24-18/h4-10H,11-12H2,1-3H3. The van der Waals surface area contributed by atoms with Gasteiger partial charge in [-0.3, -0.25) is 9.78 Å². The van der Waals surface area contributed by atoms with E-state index in [1.165, 1.54) is 0 Å². The molecule has 3 aromatic heterocycles. The summed E-state index contributed by atoms with van der Waals surface area (Å²) in [6, 6.07) is 11.6. The van der Waals surface area contributed by atoms with Crippen molar-refractivity contribution in [3.05, 3.63) is 64.5 Å². The second kappa shape index (κ2) is 7.63. The van der Waals surface area contributed by atoms with Gasteiger partial charge < -0.3 is 14.2 Å². The Balaban J connectivity index is 1.55. The minimum absolute atomic E-state index is 0.00920. The fourth-order valence-corrected chi connectivity index (χ4v) is 4.58. The van der Waals surface area contributed by atoms with Crippen molar-refractivity contribution in [2.75, 3.05) is 11.5 Å². The average molecular weight is 433 g/mol. The van der Waals surface area contributed by atoms with E-state index in [1.54, 1.807) is 22.4 Å². The first-order valence-corrected chi connectivity index (χ1v) is 10.7. The van der Waals surface area contributed by atoms with Crippen LogP contribution in [0, 0.1) is 20.8 Å². The first-order chi connectivity index (χ1) is 15.0. The second-order valence-electron chi connectivity index (χ2n) is 7.39. The number of nitrogens with zero attached hydrogens (tertiary/aromatic N) is 4. The molecule has 7 nitrogen and oxygen atoms in total. The predicted octanol–water partition coefficient (Wildman–Crippen LogP) is 4.71. The molecular formula is C23H20N4O3S. The summed E-state index contributed by atoms with van der Waals surface area (Å²) in [6.07, 6.45) is 1.76. The topological polar surface area (TPSA) is 81.4 Å². The Hall–Kier alpha value is -3.52. The summed E-state index contributed by atoms with van der Waals surface area (Å²) in [6.45, 7) is 6.17. The number of aryl methyl sites for hydroxylation is 3. The molecule has 0 N–H and O–H groups in total. The molecule has 1 aliphatic heterocycles. The average Bonchev–Trinajstić information content (AvgIpc) is 3.33. The van der Waals surface area contributed by atoms with Gasteiger partial charge >= 0.3 is 0 Å². The number of anilines is 1. The number of ether oxygens (including phenoxy) is 1. The highest BCUT2D eigenvalue weighted by Crippen LogP contribution is 2.39. The van der Waals surface area contributed by atoms with Crippen molar-refractivity contribution in [3.63, 3.8) is 0 Å². The summed E-state index contributed by atoms with van der Waals surface area (Å²) in [5, 5.41) is 4.88. The van der Waals surface area contributed by atoms with Gasteiger partial charge in [-0.25, -0.2) is 4.98 Å². The molecule has 0 saturated heterocycles. The van der Waals surface area contributed by atoms with Crippen molar-refractivity contribution in [2.45, 2.75) is 27.3 Å². The molecule has 156 valence electrons. The summed E-state index contributed by atoms with van der Waals surface area (Å²) in [5.74, 6) is 1.28. The first kappa shape index (κ1) is 19.4. The fraction of sp³-hybridized carbons (Fsp3) is 0.217. The van der Waals surface area contributed by atoms with Crippen LogP contribution in [0.4, 0.5) is 5.69 Å². The monoisotopic (exact) mass is 432 g/mol. The van der Waals surface area contributed by atoms with Gasteiger partial charge in [-0.1, -0.05) is 11.2 Å². The molecule has 4 aromatic rings. The van der Waals surface area contributed by atoms with E-state index in [9.17, 15) is 4.79 Å². The zero-order chi connectivity index (χ0) is 21.5. The van der Waals surface area contributed by atoms with Crippen molar-refractivity contribution in [1.29, 1.82) is 0 Å². The normalized spacial score (nSPS) is 13.3. The van der Waals surface area contributed by atoms with Gasteiger partial charge in [-0.15, -0.1) is 11.3 Å². The van der Waals surface area contributed by atoms with Gasteiger partial charge in [0.05, 0.1) is 29.3 Å². The number of fused-ring (bicyclic) bond motifs is 1. The number of hydrogen-bond donors (Lipinski definition) is 0. The molecule has 0 fully saturated rings. The second-order valence-corrected chi connectivity index (χ2v) is 8.60. The zero-order valence-electron chi connectivity index (χ0n) is 17.4. The van der Waals surface area contributed by atoms with Crippen molar-refractivity contribution in [2.24, 2.45) is 0 Å². The number of aromatic nitrogens is 3. The van der Waals surface area contributed by atoms with E-state index in [2.05, 4.69) is 10.1 Å². The third-order valence-corrected chi connectivity index (χ3v) is 6.35. The van der Waals surface area contributed by atoms with Crippen molar-refractivity contribution < 1.29 is 14.1 Å². The number of thiazole rings is 1. The van der Waals surface area contributed by atoms with Gasteiger partial charge in [-0.2, -0.15) is 0 Å². The van der Waals surface area contributed by atoms with Gasteiger partial charge in [0.2, 0.25) is 0 Å². The molecule has 0 radical (unpaired) electrons. The number of pyridine rings is 1. The summed E-state index contributed by atoms with van der Waals surface area (Å²) >= 11 is 1.60. The molecule has 31 heavy (non-hydrogen) atoms. The van der Waals surface area contributed by atoms with Gasteiger partial charge in [-0.05, 0) is 51.1 Å². The molecule has 0 unspecified atom stereocenters. The van der Waals surface area contributed by atoms with Crippen molar-refractivity contribution in [1.82, 2.24) is 15.1 Å². The maximum absolute atomic E-state index is 12.7. The van der Waals surface area contributed by atoms with Crippen LogP contribution < -0.4 is 9.64 Å². The SMILES string of the molecule is Cc1noc(C)c1CN1C(=O)COc2ccc(-c3nc(-c4ccccn4)sc3C)cc21. The van der Waals surface area contributed by atoms with Crippen LogP contribution in [0.2, 0.25) is 0 Å². The minimum Gasteiger partial charge on any atom is -0.482 e. The molecule has 0 spiro atoms. The fourth-order valence-electron chi connectivity index (χ4n) is 3.67. The van der Waals surface area contributed by atoms with Gasteiger partial charge in [0.1, 0.15) is 16.5 Å². The van der Waals surface area contributed by atoms with Gasteiger partial charge in [0, 0.05) is 22.2 Å². The van der Waals surface area contributed by atoms with Crippen molar-refractivity contribution >= 4 is 22.9 Å². The lowest BCUT2D eigenvalue weighted by Crippen LogP contribution is -2.38. The number of rotatable bonds is 4. The summed E-state index contributed by atoms with van der Waals surface area (Å²) in [4.78, 5) is 24.8. The quantitative estimate of drug-likeness (QED) is 0.465. The molecular weight excluding hydrogens is 412 g/mol. The zero-order valence-corrected chi connectivity index (χ0v) is 18.2. The van der Waals surface area contributed by atoms with Crippen LogP contribution in [0.15, 0.2) is 47.1 Å². The highest BCUT2D eigenvalue weighted by molar-refractivity contribution is 7.15. The smallest absolute Gasteiger partial charge is 0.265 e. The first-order valence-electron chi connectivity index (χ1n) is 9.89. The molecule has 0 aliphatic carbocycles. The Labute approximate surface area is 183 Å². The molecule has 4 heterocycles. The number of carbonyl (C=O) groups excluding carboxylic acids is 1. The highest BCUT2D eigenvalue weighted by Gasteiger charge is 2.28. The highest BCUT2D eigenvalue weighted by atomic mass is 32.1. The maximum atomic E-state index is 12.7. The van der Waals surface area contributed by atoms with E-state index in [-0.39, 0.29) is 12.5 Å². The molecule has 0 atom stereocenters. The minimum atomic E-state index is -0.103. The van der Waals surface area contributed by atoms with Crippen molar-refractivity contribution in [3.8, 4) is 27.7 Å². The Bertz CT molecular complexity index is 1260. The van der Waals surface area contributed by atoms with E-state index in [4.69, 9.17) is 14.2 Å². The van der Waals surface area contributed by atoms with Crippen LogP contribution in [-0.4, -0.2) is 27.6 Å². The molecule has 1 aliphatic rings. The Morgan fingerprint density at radius 2 is 2.03 bits per heavy atom. The number of amides is 1. The summed E-state index contributed by atoms with van der Waals surface area (Å²) in [5.41, 5.74) is 5.07. The van der Waals surface area contributed by atoms with Crippen LogP contribution in [0.25, 0.3) is 22.0 Å². The molecule has 8 heteroatoms. The maximum Gasteiger partial charge on any atom is 0.265 e. The van der Waals surface area contributed by atoms with Crippen LogP contribution in [0.5, 0.6) is 5.75 Å². The Kier molecular flexibility index (Phi) is 4.78. The third-order valence-electron chi connectivity index (χ3n) is 5.35. The molecule has 0 saturated carbocycles. The lowest BCUT2D eigenvalue weighted by atomic mass is 10.1. The van der Waals surface area contributed by atoms with E-state index < -0.39 is 0 Å². The van der Waals surface area contributed by atoms with Gasteiger partial charge in [0.25, 0.3) is 5.91 Å². The Morgan fingerprint density at radius 1 is 1.16 bits per heavy atom. The molecule has 1 aromatic carbocycles. The van der Waals surface area contributed by atoms with Crippen LogP contribution in [0.3, 0.4) is 0 Å². The van der Waals surface area contributed by atoms with Crippen LogP contribution >= 0.6 is 11.3 Å². The van der Waals surface area contributed by atoms with E-state index in [1.807, 2.05) is 57.2 Å². The number of hydrogen-bond acceptors (Lipinski definition) is 7. The van der Waals surface area contributed by atoms with E-state index in [0.717, 1.165) is 43.8 Å². The lowest BCUT2D eigenvalue weighted by Gasteiger charge is -2.29. The Morgan fingerprint density at radius 3 is 2.77 bits per heavy atom. The van der Waals surface area contributed by atoms with E-state index >= 15 is 0 Å².